The van der Waals surface area contributed by atoms with Crippen molar-refractivity contribution in [2.24, 2.45) is 0 Å². The standard InChI is InChI=1S/C46H73BO6/c1-3-5-7-9-11-13-15-17-19-21-23-25-27-29-31-39-33-35-43(41(37-39)45(48)49)51-47-52-44-36-34-40(38-42(44)46(50)53-47)32-30-28-26-24-22-20-18-16-14-12-10-8-6-4-2/h33-38H,3-32H2,1-2H3,(H,48,49). The first-order valence-corrected chi connectivity index (χ1v) is 22.0. The minimum atomic E-state index is -1.35. The van der Waals surface area contributed by atoms with E-state index in [4.69, 9.17) is 14.0 Å². The van der Waals surface area contributed by atoms with Crippen LogP contribution in [0.3, 0.4) is 0 Å². The second-order valence-electron chi connectivity index (χ2n) is 15.6. The Balaban J connectivity index is 1.29. The summed E-state index contributed by atoms with van der Waals surface area (Å²) in [7, 11) is -1.35. The molecular formula is C46H73BO6. The van der Waals surface area contributed by atoms with Crippen molar-refractivity contribution in [2.75, 3.05) is 0 Å². The summed E-state index contributed by atoms with van der Waals surface area (Å²) in [5.41, 5.74) is 2.48. The van der Waals surface area contributed by atoms with Gasteiger partial charge in [-0.3, -0.25) is 0 Å². The van der Waals surface area contributed by atoms with E-state index in [1.165, 1.54) is 161 Å². The highest BCUT2D eigenvalue weighted by molar-refractivity contribution is 6.43. The molecule has 0 bridgehead atoms. The molecule has 0 saturated heterocycles. The van der Waals surface area contributed by atoms with Crippen molar-refractivity contribution in [1.82, 2.24) is 0 Å². The fourth-order valence-corrected chi connectivity index (χ4v) is 7.48. The van der Waals surface area contributed by atoms with E-state index in [2.05, 4.69) is 13.8 Å². The quantitative estimate of drug-likeness (QED) is 0.0581. The molecule has 0 saturated carbocycles. The number of unbranched alkanes of at least 4 members (excludes halogenated alkanes) is 26. The van der Waals surface area contributed by atoms with Crippen LogP contribution >= 0.6 is 0 Å². The third kappa shape index (κ3) is 19.3. The zero-order valence-electron chi connectivity index (χ0n) is 33.7. The molecule has 0 aromatic heterocycles. The summed E-state index contributed by atoms with van der Waals surface area (Å²) in [5, 5.41) is 9.92. The molecule has 6 nitrogen and oxygen atoms in total. The smallest absolute Gasteiger partial charge is 0.489 e. The van der Waals surface area contributed by atoms with Crippen LogP contribution in [-0.4, -0.2) is 24.4 Å². The lowest BCUT2D eigenvalue weighted by Gasteiger charge is -2.23. The number of carbonyl (C=O) groups is 2. The monoisotopic (exact) mass is 733 g/mol. The maximum Gasteiger partial charge on any atom is 0.866 e. The molecule has 53 heavy (non-hydrogen) atoms. The van der Waals surface area contributed by atoms with Gasteiger partial charge in [0.05, 0.1) is 5.56 Å². The fraction of sp³-hybridized carbons (Fsp3) is 0.696. The van der Waals surface area contributed by atoms with Crippen molar-refractivity contribution >= 4 is 19.3 Å². The first-order valence-electron chi connectivity index (χ1n) is 22.0. The lowest BCUT2D eigenvalue weighted by molar-refractivity contribution is 0.0627. The SMILES string of the molecule is CCCCCCCCCCCCCCCCc1ccc(OB2OC(=O)c3cc(CCCCCCCCCCCCCCCC)ccc3O2)c(C(=O)O)c1. The Bertz CT molecular complexity index is 1280. The molecule has 2 aromatic carbocycles. The average molecular weight is 733 g/mol. The van der Waals surface area contributed by atoms with Gasteiger partial charge in [-0.15, -0.1) is 0 Å². The highest BCUT2D eigenvalue weighted by atomic mass is 16.8. The number of carboxylic acids is 1. The summed E-state index contributed by atoms with van der Waals surface area (Å²) >= 11 is 0. The molecule has 1 aliphatic heterocycles. The van der Waals surface area contributed by atoms with Gasteiger partial charge in [0.25, 0.3) is 0 Å². The minimum Gasteiger partial charge on any atom is -0.489 e. The van der Waals surface area contributed by atoms with Crippen LogP contribution < -0.4 is 9.31 Å². The fourth-order valence-electron chi connectivity index (χ4n) is 7.48. The molecule has 0 aliphatic carbocycles. The number of rotatable bonds is 33. The maximum atomic E-state index is 12.9. The molecule has 1 N–H and O–H groups in total. The molecule has 0 atom stereocenters. The van der Waals surface area contributed by atoms with Gasteiger partial charge in [-0.2, -0.15) is 0 Å². The molecule has 0 amide bonds. The molecule has 1 aliphatic rings. The number of carbonyl (C=O) groups excluding carboxylic acids is 1. The summed E-state index contributed by atoms with van der Waals surface area (Å²) in [4.78, 5) is 25.1. The molecule has 7 heteroatoms. The molecule has 0 fully saturated rings. The van der Waals surface area contributed by atoms with Crippen molar-refractivity contribution in [1.29, 1.82) is 0 Å². The molecule has 1 heterocycles. The highest BCUT2D eigenvalue weighted by Gasteiger charge is 2.40. The van der Waals surface area contributed by atoms with Crippen molar-refractivity contribution in [3.05, 3.63) is 58.7 Å². The largest absolute Gasteiger partial charge is 0.866 e. The lowest BCUT2D eigenvalue weighted by Crippen LogP contribution is -2.40. The van der Waals surface area contributed by atoms with E-state index >= 15 is 0 Å². The van der Waals surface area contributed by atoms with Crippen LogP contribution in [0.4, 0.5) is 0 Å². The Kier molecular flexibility index (Phi) is 23.9. The van der Waals surface area contributed by atoms with Gasteiger partial charge in [-0.25, -0.2) is 9.59 Å². The number of hydrogen-bond donors (Lipinski definition) is 1. The molecule has 2 aromatic rings. The van der Waals surface area contributed by atoms with Crippen LogP contribution in [0.5, 0.6) is 11.5 Å². The van der Waals surface area contributed by atoms with E-state index in [1.807, 2.05) is 18.2 Å². The van der Waals surface area contributed by atoms with E-state index in [0.29, 0.717) is 11.3 Å². The Hall–Kier alpha value is -2.96. The summed E-state index contributed by atoms with van der Waals surface area (Å²) in [6, 6.07) is 10.8. The van der Waals surface area contributed by atoms with Gasteiger partial charge >= 0.3 is 19.3 Å². The van der Waals surface area contributed by atoms with Crippen LogP contribution in [0.15, 0.2) is 36.4 Å². The zero-order chi connectivity index (χ0) is 37.8. The maximum absolute atomic E-state index is 12.9. The molecule has 0 radical (unpaired) electrons. The van der Waals surface area contributed by atoms with Gasteiger partial charge in [-0.1, -0.05) is 193 Å². The molecule has 3 rings (SSSR count). The topological polar surface area (TPSA) is 82.1 Å². The van der Waals surface area contributed by atoms with Crippen LogP contribution in [0.1, 0.15) is 225 Å². The normalized spacial score (nSPS) is 12.4. The van der Waals surface area contributed by atoms with Crippen molar-refractivity contribution in [3.63, 3.8) is 0 Å². The zero-order valence-corrected chi connectivity index (χ0v) is 33.7. The third-order valence-corrected chi connectivity index (χ3v) is 10.8. The summed E-state index contributed by atoms with van der Waals surface area (Å²) in [5.74, 6) is -1.09. The summed E-state index contributed by atoms with van der Waals surface area (Å²) in [6.07, 6.45) is 38.7. The molecule has 0 spiro atoms. The number of aryl methyl sites for hydroxylation is 2. The number of aromatic carboxylic acids is 1. The van der Waals surface area contributed by atoms with E-state index in [1.54, 1.807) is 18.2 Å². The highest BCUT2D eigenvalue weighted by Crippen LogP contribution is 2.30. The van der Waals surface area contributed by atoms with Gasteiger partial charge < -0.3 is 19.1 Å². The number of carboxylic acid groups (broad SMARTS) is 1. The van der Waals surface area contributed by atoms with Crippen LogP contribution in [0.25, 0.3) is 0 Å². The summed E-state index contributed by atoms with van der Waals surface area (Å²) in [6.45, 7) is 4.54. The molecular weight excluding hydrogens is 659 g/mol. The van der Waals surface area contributed by atoms with Gasteiger partial charge in [0.2, 0.25) is 0 Å². The van der Waals surface area contributed by atoms with Crippen LogP contribution in [0.2, 0.25) is 0 Å². The van der Waals surface area contributed by atoms with E-state index < -0.39 is 19.3 Å². The van der Waals surface area contributed by atoms with Crippen molar-refractivity contribution in [3.8, 4) is 11.5 Å². The second kappa shape index (κ2) is 28.5. The Morgan fingerprint density at radius 3 is 1.38 bits per heavy atom. The third-order valence-electron chi connectivity index (χ3n) is 10.8. The first kappa shape index (κ1) is 44.4. The summed E-state index contributed by atoms with van der Waals surface area (Å²) < 4.78 is 17.1. The van der Waals surface area contributed by atoms with Crippen molar-refractivity contribution < 1.29 is 28.7 Å². The number of fused-ring (bicyclic) bond motifs is 1. The lowest BCUT2D eigenvalue weighted by atomic mass is 10.00. The van der Waals surface area contributed by atoms with Gasteiger partial charge in [0.1, 0.15) is 17.1 Å². The molecule has 0 unspecified atom stereocenters. The Labute approximate surface area is 323 Å². The second-order valence-corrected chi connectivity index (χ2v) is 15.6. The van der Waals surface area contributed by atoms with Gasteiger partial charge in [0, 0.05) is 0 Å². The number of benzene rings is 2. The van der Waals surface area contributed by atoms with E-state index in [-0.39, 0.29) is 11.3 Å². The van der Waals surface area contributed by atoms with Crippen LogP contribution in [0, 0.1) is 0 Å². The van der Waals surface area contributed by atoms with E-state index in [9.17, 15) is 14.7 Å². The van der Waals surface area contributed by atoms with Crippen molar-refractivity contribution in [2.45, 2.75) is 206 Å². The first-order chi connectivity index (χ1) is 26.0. The van der Waals surface area contributed by atoms with E-state index in [0.717, 1.165) is 43.2 Å². The van der Waals surface area contributed by atoms with Gasteiger partial charge in [-0.05, 0) is 61.1 Å². The minimum absolute atomic E-state index is 0.0434. The Morgan fingerprint density at radius 1 is 0.547 bits per heavy atom. The predicted molar refractivity (Wildman–Crippen MR) is 220 cm³/mol. The van der Waals surface area contributed by atoms with Crippen LogP contribution in [-0.2, 0) is 17.5 Å². The Morgan fingerprint density at radius 2 is 0.943 bits per heavy atom. The van der Waals surface area contributed by atoms with Gasteiger partial charge in [0.15, 0.2) is 0 Å². The average Bonchev–Trinajstić information content (AvgIpc) is 3.15. The number of hydrogen-bond acceptors (Lipinski definition) is 5. The predicted octanol–water partition coefficient (Wildman–Crippen LogP) is 14.0. The molecule has 296 valence electrons.